The molecular weight excluding hydrogens is 228 g/mol. The molecule has 0 spiro atoms. The Hall–Kier alpha value is -1.37. The predicted octanol–water partition coefficient (Wildman–Crippen LogP) is 1.35. The Morgan fingerprint density at radius 2 is 2.06 bits per heavy atom. The number of sulfonamides is 1. The fourth-order valence-electron chi connectivity index (χ4n) is 1.51. The third-order valence-corrected chi connectivity index (χ3v) is 4.14. The van der Waals surface area contributed by atoms with E-state index in [-0.39, 0.29) is 4.90 Å². The van der Waals surface area contributed by atoms with Crippen LogP contribution in [0.1, 0.15) is 0 Å². The summed E-state index contributed by atoms with van der Waals surface area (Å²) >= 11 is 0. The van der Waals surface area contributed by atoms with Gasteiger partial charge < -0.3 is 4.98 Å². The van der Waals surface area contributed by atoms with E-state index in [1.165, 1.54) is 14.2 Å². The van der Waals surface area contributed by atoms with Gasteiger partial charge in [0, 0.05) is 18.6 Å². The summed E-state index contributed by atoms with van der Waals surface area (Å²) in [7, 11) is -0.936. The number of nitrogens with one attached hydrogen (secondary N) is 1. The fourth-order valence-corrected chi connectivity index (χ4v) is 2.67. The Kier molecular flexibility index (Phi) is 2.71. The van der Waals surface area contributed by atoms with Crippen molar-refractivity contribution in [2.24, 2.45) is 0 Å². The zero-order valence-electron chi connectivity index (χ0n) is 8.97. The highest BCUT2D eigenvalue weighted by Crippen LogP contribution is 2.23. The second kappa shape index (κ2) is 3.89. The first-order valence-corrected chi connectivity index (χ1v) is 6.10. The molecule has 0 radical (unpaired) electrons. The summed E-state index contributed by atoms with van der Waals surface area (Å²) in [6.07, 6.45) is 1.70. The largest absolute Gasteiger partial charge is 0.360 e. The van der Waals surface area contributed by atoms with Crippen LogP contribution in [0.2, 0.25) is 0 Å². The van der Waals surface area contributed by atoms with Gasteiger partial charge in [-0.1, -0.05) is 16.6 Å². The van der Waals surface area contributed by atoms with E-state index in [2.05, 4.69) is 4.98 Å². The number of hydroxylamine groups is 1. The van der Waals surface area contributed by atoms with Crippen LogP contribution in [0, 0.1) is 0 Å². The number of aromatic nitrogens is 1. The van der Waals surface area contributed by atoms with Crippen molar-refractivity contribution in [2.75, 3.05) is 14.2 Å². The molecule has 6 heteroatoms. The number of hydrogen-bond acceptors (Lipinski definition) is 3. The lowest BCUT2D eigenvalue weighted by Crippen LogP contribution is -2.25. The van der Waals surface area contributed by atoms with Gasteiger partial charge in [0.15, 0.2) is 0 Å². The van der Waals surface area contributed by atoms with E-state index in [4.69, 9.17) is 4.84 Å². The quantitative estimate of drug-likeness (QED) is 0.824. The molecule has 0 bridgehead atoms. The first-order chi connectivity index (χ1) is 7.57. The second-order valence-corrected chi connectivity index (χ2v) is 5.20. The van der Waals surface area contributed by atoms with Gasteiger partial charge in [-0.15, -0.1) is 0 Å². The van der Waals surface area contributed by atoms with Crippen molar-refractivity contribution >= 4 is 20.9 Å². The number of H-pyrrole nitrogens is 1. The van der Waals surface area contributed by atoms with E-state index in [9.17, 15) is 8.42 Å². The number of benzene rings is 1. The molecule has 0 aliphatic carbocycles. The molecule has 2 aromatic rings. The summed E-state index contributed by atoms with van der Waals surface area (Å²) in [6.45, 7) is 0. The van der Waals surface area contributed by atoms with Crippen molar-refractivity contribution in [2.45, 2.75) is 4.90 Å². The van der Waals surface area contributed by atoms with Crippen molar-refractivity contribution in [1.82, 2.24) is 9.45 Å². The first kappa shape index (κ1) is 11.1. The van der Waals surface area contributed by atoms with Gasteiger partial charge in [-0.05, 0) is 12.1 Å². The van der Waals surface area contributed by atoms with Crippen LogP contribution in [0.15, 0.2) is 35.4 Å². The van der Waals surface area contributed by atoms with Gasteiger partial charge in [-0.3, -0.25) is 4.84 Å². The number of rotatable bonds is 3. The van der Waals surface area contributed by atoms with Crippen molar-refractivity contribution in [3.05, 3.63) is 30.5 Å². The fraction of sp³-hybridized carbons (Fsp3) is 0.200. The third-order valence-electron chi connectivity index (χ3n) is 2.42. The Labute approximate surface area is 93.6 Å². The van der Waals surface area contributed by atoms with E-state index in [1.54, 1.807) is 18.3 Å². The van der Waals surface area contributed by atoms with Gasteiger partial charge in [0.1, 0.15) is 4.90 Å². The Bertz CT molecular complexity index is 603. The molecule has 0 saturated carbocycles. The summed E-state index contributed by atoms with van der Waals surface area (Å²) < 4.78 is 24.9. The van der Waals surface area contributed by atoms with Crippen molar-refractivity contribution in [3.63, 3.8) is 0 Å². The van der Waals surface area contributed by atoms with Crippen molar-refractivity contribution in [3.8, 4) is 0 Å². The molecule has 1 N–H and O–H groups in total. The van der Waals surface area contributed by atoms with Crippen LogP contribution in [0.3, 0.4) is 0 Å². The predicted molar refractivity (Wildman–Crippen MR) is 60.3 cm³/mol. The first-order valence-electron chi connectivity index (χ1n) is 4.66. The Morgan fingerprint density at radius 3 is 2.75 bits per heavy atom. The van der Waals surface area contributed by atoms with E-state index < -0.39 is 10.0 Å². The highest BCUT2D eigenvalue weighted by atomic mass is 32.2. The lowest BCUT2D eigenvalue weighted by molar-refractivity contribution is -0.0257. The van der Waals surface area contributed by atoms with Gasteiger partial charge in [-0.25, -0.2) is 8.42 Å². The molecule has 0 fully saturated rings. The molecule has 1 aromatic heterocycles. The van der Waals surface area contributed by atoms with Gasteiger partial charge in [0.2, 0.25) is 0 Å². The maximum absolute atomic E-state index is 12.1. The zero-order valence-corrected chi connectivity index (χ0v) is 9.78. The van der Waals surface area contributed by atoms with Crippen LogP contribution in [0.25, 0.3) is 10.9 Å². The summed E-state index contributed by atoms with van der Waals surface area (Å²) in [5.74, 6) is 0. The van der Waals surface area contributed by atoms with Crippen LogP contribution in [-0.4, -0.2) is 32.0 Å². The second-order valence-electron chi connectivity index (χ2n) is 3.30. The van der Waals surface area contributed by atoms with E-state index >= 15 is 0 Å². The molecule has 0 unspecified atom stereocenters. The number of hydrogen-bond donors (Lipinski definition) is 1. The molecule has 86 valence electrons. The van der Waals surface area contributed by atoms with E-state index in [0.29, 0.717) is 5.52 Å². The van der Waals surface area contributed by atoms with Gasteiger partial charge in [-0.2, -0.15) is 0 Å². The summed E-state index contributed by atoms with van der Waals surface area (Å²) in [5, 5.41) is 0.852. The average Bonchev–Trinajstić information content (AvgIpc) is 2.75. The number of fused-ring (bicyclic) bond motifs is 1. The molecule has 1 heterocycles. The maximum atomic E-state index is 12.1. The molecule has 0 atom stereocenters. The van der Waals surface area contributed by atoms with Crippen LogP contribution in [0.4, 0.5) is 0 Å². The highest BCUT2D eigenvalue weighted by Gasteiger charge is 2.23. The lowest BCUT2D eigenvalue weighted by Gasteiger charge is -2.14. The number of aromatic amines is 1. The SMILES string of the molecule is CON(C)S(=O)(=O)c1cccc2cc[nH]c12. The van der Waals surface area contributed by atoms with E-state index in [0.717, 1.165) is 9.85 Å². The van der Waals surface area contributed by atoms with Crippen molar-refractivity contribution in [1.29, 1.82) is 0 Å². The molecule has 0 aliphatic heterocycles. The lowest BCUT2D eigenvalue weighted by atomic mass is 10.2. The number of nitrogens with zero attached hydrogens (tertiary/aromatic N) is 1. The maximum Gasteiger partial charge on any atom is 0.266 e. The highest BCUT2D eigenvalue weighted by molar-refractivity contribution is 7.89. The molecule has 0 aliphatic rings. The van der Waals surface area contributed by atoms with Gasteiger partial charge in [0.05, 0.1) is 12.6 Å². The standard InChI is InChI=1S/C10H12N2O3S/c1-12(15-2)16(13,14)9-5-3-4-8-6-7-11-10(8)9/h3-7,11H,1-2H3. The van der Waals surface area contributed by atoms with Crippen molar-refractivity contribution < 1.29 is 13.3 Å². The average molecular weight is 240 g/mol. The normalized spacial score (nSPS) is 12.4. The molecule has 2 rings (SSSR count). The zero-order chi connectivity index (χ0) is 11.8. The minimum Gasteiger partial charge on any atom is -0.360 e. The smallest absolute Gasteiger partial charge is 0.266 e. The minimum absolute atomic E-state index is 0.208. The molecular formula is C10H12N2O3S. The minimum atomic E-state index is -3.61. The Morgan fingerprint density at radius 1 is 1.31 bits per heavy atom. The summed E-state index contributed by atoms with van der Waals surface area (Å²) in [5.41, 5.74) is 0.589. The van der Waals surface area contributed by atoms with Crippen LogP contribution < -0.4 is 0 Å². The molecule has 0 amide bonds. The molecule has 0 saturated heterocycles. The van der Waals surface area contributed by atoms with Crippen LogP contribution >= 0.6 is 0 Å². The third kappa shape index (κ3) is 1.60. The van der Waals surface area contributed by atoms with Gasteiger partial charge in [0.25, 0.3) is 10.0 Å². The monoisotopic (exact) mass is 240 g/mol. The van der Waals surface area contributed by atoms with Gasteiger partial charge >= 0.3 is 0 Å². The Balaban J connectivity index is 2.68. The summed E-state index contributed by atoms with van der Waals surface area (Å²) in [6, 6.07) is 6.91. The number of para-hydroxylation sites is 1. The van der Waals surface area contributed by atoms with Crippen LogP contribution in [0.5, 0.6) is 0 Å². The molecule has 5 nitrogen and oxygen atoms in total. The van der Waals surface area contributed by atoms with Crippen LogP contribution in [-0.2, 0) is 14.9 Å². The van der Waals surface area contributed by atoms with E-state index in [1.807, 2.05) is 12.1 Å². The molecule has 1 aromatic carbocycles. The topological polar surface area (TPSA) is 62.4 Å². The molecule has 16 heavy (non-hydrogen) atoms. The summed E-state index contributed by atoms with van der Waals surface area (Å²) in [4.78, 5) is 7.85.